The third-order valence-corrected chi connectivity index (χ3v) is 17.9. The zero-order valence-electron chi connectivity index (χ0n) is 35.3. The highest BCUT2D eigenvalue weighted by molar-refractivity contribution is 5.95. The van der Waals surface area contributed by atoms with Gasteiger partial charge in [0, 0.05) is 5.92 Å². The number of carbonyl (C=O) groups is 2. The van der Waals surface area contributed by atoms with E-state index in [2.05, 4.69) is 73.6 Å². The number of rotatable bonds is 16. The van der Waals surface area contributed by atoms with Crippen LogP contribution in [0.3, 0.4) is 0 Å². The first-order chi connectivity index (χ1) is 24.4. The number of unbranched alkanes of at least 4 members (excludes halogenated alkanes) is 9. The summed E-state index contributed by atoms with van der Waals surface area (Å²) in [5.41, 5.74) is -0.860. The van der Waals surface area contributed by atoms with Crippen LogP contribution in [0.2, 0.25) is 0 Å². The van der Waals surface area contributed by atoms with Crippen molar-refractivity contribution in [3.63, 3.8) is 0 Å². The molecule has 5 aliphatic carbocycles. The van der Waals surface area contributed by atoms with Crippen molar-refractivity contribution in [2.45, 2.75) is 209 Å². The molecule has 4 heteroatoms. The number of aliphatic hydroxyl groups is 1. The van der Waals surface area contributed by atoms with E-state index in [0.29, 0.717) is 12.2 Å². The fourth-order valence-electron chi connectivity index (χ4n) is 14.0. The maximum atomic E-state index is 14.8. The number of carbonyl (C=O) groups excluding carboxylic acids is 1. The van der Waals surface area contributed by atoms with Crippen LogP contribution in [-0.4, -0.2) is 27.6 Å². The summed E-state index contributed by atoms with van der Waals surface area (Å²) in [5, 5.41) is 23.1. The molecule has 10 atom stereocenters. The molecule has 0 amide bonds. The minimum atomic E-state index is -0.731. The molecule has 0 aromatic rings. The summed E-state index contributed by atoms with van der Waals surface area (Å²) in [6, 6.07) is 0. The Morgan fingerprint density at radius 1 is 0.808 bits per heavy atom. The summed E-state index contributed by atoms with van der Waals surface area (Å²) >= 11 is 0. The topological polar surface area (TPSA) is 74.6 Å². The van der Waals surface area contributed by atoms with Crippen LogP contribution in [0, 0.1) is 56.2 Å². The van der Waals surface area contributed by atoms with Gasteiger partial charge in [-0.15, -0.1) is 0 Å². The van der Waals surface area contributed by atoms with Crippen LogP contribution in [0.15, 0.2) is 23.8 Å². The Kier molecular flexibility index (Phi) is 12.5. The van der Waals surface area contributed by atoms with E-state index in [1.54, 1.807) is 0 Å². The fourth-order valence-corrected chi connectivity index (χ4v) is 14.0. The molecule has 0 radical (unpaired) electrons. The summed E-state index contributed by atoms with van der Waals surface area (Å²) in [6.07, 6.45) is 31.3. The molecule has 5 aliphatic rings. The number of allylic oxidation sites excluding steroid dienone is 4. The van der Waals surface area contributed by atoms with E-state index in [0.717, 1.165) is 64.2 Å². The molecule has 4 fully saturated rings. The van der Waals surface area contributed by atoms with E-state index in [4.69, 9.17) is 0 Å². The molecule has 0 saturated heterocycles. The van der Waals surface area contributed by atoms with Gasteiger partial charge in [0.1, 0.15) is 0 Å². The lowest BCUT2D eigenvalue weighted by Crippen LogP contribution is -2.69. The van der Waals surface area contributed by atoms with Crippen LogP contribution in [0.25, 0.3) is 0 Å². The number of hydrogen-bond donors (Lipinski definition) is 2. The van der Waals surface area contributed by atoms with Crippen LogP contribution in [0.1, 0.15) is 204 Å². The summed E-state index contributed by atoms with van der Waals surface area (Å²) < 4.78 is 0. The maximum absolute atomic E-state index is 14.8. The van der Waals surface area contributed by atoms with Gasteiger partial charge >= 0.3 is 5.97 Å². The molecule has 4 saturated carbocycles. The van der Waals surface area contributed by atoms with Crippen molar-refractivity contribution in [3.8, 4) is 0 Å². The fraction of sp³-hybridized carbons (Fsp3) is 0.875. The number of carboxylic acid groups (broad SMARTS) is 1. The van der Waals surface area contributed by atoms with Crippen molar-refractivity contribution < 1.29 is 19.8 Å². The summed E-state index contributed by atoms with van der Waals surface area (Å²) in [5.74, 6) is 0.250. The van der Waals surface area contributed by atoms with Gasteiger partial charge in [-0.2, -0.15) is 0 Å². The van der Waals surface area contributed by atoms with Crippen molar-refractivity contribution in [2.24, 2.45) is 56.2 Å². The largest absolute Gasteiger partial charge is 0.481 e. The Balaban J connectivity index is 1.27. The Hall–Kier alpha value is -1.42. The predicted octanol–water partition coefficient (Wildman–Crippen LogP) is 13.1. The monoisotopic (exact) mass is 721 g/mol. The van der Waals surface area contributed by atoms with Crippen molar-refractivity contribution in [1.82, 2.24) is 0 Å². The van der Waals surface area contributed by atoms with Crippen LogP contribution in [-0.2, 0) is 9.59 Å². The van der Waals surface area contributed by atoms with Gasteiger partial charge in [0.05, 0.1) is 11.0 Å². The third kappa shape index (κ3) is 6.97. The molecule has 52 heavy (non-hydrogen) atoms. The average Bonchev–Trinajstić information content (AvgIpc) is 3.08. The lowest BCUT2D eigenvalue weighted by Gasteiger charge is -2.72. The Bertz CT molecular complexity index is 1340. The van der Waals surface area contributed by atoms with E-state index in [1.807, 2.05) is 6.92 Å². The number of aliphatic carboxylic acids is 1. The molecule has 296 valence electrons. The van der Waals surface area contributed by atoms with Crippen molar-refractivity contribution >= 4 is 11.8 Å². The van der Waals surface area contributed by atoms with Gasteiger partial charge < -0.3 is 10.2 Å². The number of fused-ring (bicyclic) bond motifs is 7. The van der Waals surface area contributed by atoms with Gasteiger partial charge in [-0.3, -0.25) is 9.59 Å². The molecular formula is C48H80O4. The van der Waals surface area contributed by atoms with Crippen molar-refractivity contribution in [3.05, 3.63) is 23.8 Å². The highest BCUT2D eigenvalue weighted by Crippen LogP contribution is 2.76. The summed E-state index contributed by atoms with van der Waals surface area (Å²) in [4.78, 5) is 27.3. The molecule has 0 aromatic carbocycles. The van der Waals surface area contributed by atoms with Crippen molar-refractivity contribution in [1.29, 1.82) is 0 Å². The minimum Gasteiger partial charge on any atom is -0.481 e. The van der Waals surface area contributed by atoms with Gasteiger partial charge in [-0.05, 0) is 148 Å². The number of hydrogen-bond acceptors (Lipinski definition) is 3. The molecule has 0 spiro atoms. The molecule has 0 heterocycles. The predicted molar refractivity (Wildman–Crippen MR) is 216 cm³/mol. The quantitative estimate of drug-likeness (QED) is 0.123. The van der Waals surface area contributed by atoms with Crippen molar-refractivity contribution in [2.75, 3.05) is 0 Å². The lowest BCUT2D eigenvalue weighted by atomic mass is 9.32. The highest BCUT2D eigenvalue weighted by atomic mass is 16.4. The zero-order valence-corrected chi connectivity index (χ0v) is 35.3. The Morgan fingerprint density at radius 3 is 2.06 bits per heavy atom. The first-order valence-electron chi connectivity index (χ1n) is 22.3. The molecule has 5 rings (SSSR count). The molecule has 2 unspecified atom stereocenters. The second kappa shape index (κ2) is 15.6. The second-order valence-electron chi connectivity index (χ2n) is 21.0. The van der Waals surface area contributed by atoms with Gasteiger partial charge in [-0.25, -0.2) is 0 Å². The standard InChI is InChI=1S/C48H80O4/c1-10-12-13-14-15-16-17-18-19-20-21-22-23-24-35(11-2)48(52)32-30-45(7)39(42(48,3)4)25-26-47(9)40(45)38(49)33-36-37-34-44(6,41(50)51)28-27-43(37,5)29-31-46(36,47)8/h18-19,33,35,37,39-40,52H,10-17,20-32,34H2,1-9H3,(H,50,51)/t35?,37-,39?,40-,43-,44+,45+,46-,47-,48-/m1/s1. The number of ketones is 1. The maximum Gasteiger partial charge on any atom is 0.309 e. The van der Waals surface area contributed by atoms with E-state index in [1.165, 1.54) is 76.2 Å². The highest BCUT2D eigenvalue weighted by Gasteiger charge is 2.72. The first-order valence-corrected chi connectivity index (χ1v) is 22.3. The van der Waals surface area contributed by atoms with Crippen LogP contribution in [0.4, 0.5) is 0 Å². The summed E-state index contributed by atoms with van der Waals surface area (Å²) in [6.45, 7) is 20.9. The van der Waals surface area contributed by atoms with E-state index >= 15 is 0 Å². The molecule has 0 bridgehead atoms. The molecule has 2 N–H and O–H groups in total. The third-order valence-electron chi connectivity index (χ3n) is 17.9. The summed E-state index contributed by atoms with van der Waals surface area (Å²) in [7, 11) is 0. The minimum absolute atomic E-state index is 0.0628. The second-order valence-corrected chi connectivity index (χ2v) is 21.0. The van der Waals surface area contributed by atoms with Gasteiger partial charge in [0.15, 0.2) is 5.78 Å². The van der Waals surface area contributed by atoms with E-state index in [-0.39, 0.29) is 50.7 Å². The SMILES string of the molecule is CCCCCCCCC=CCCCCCC(CC)[C@]1(O)CC[C@@]2(C)C(CC[C@]3(C)[C@@H]2C(=O)C=C2[C@H]4C[C@@](C)(C(=O)O)CC[C@]4(C)CC[C@]23C)C1(C)C. The molecule has 4 nitrogen and oxygen atoms in total. The molecule has 0 aromatic heterocycles. The van der Waals surface area contributed by atoms with Gasteiger partial charge in [0.2, 0.25) is 0 Å². The molecular weight excluding hydrogens is 641 g/mol. The van der Waals surface area contributed by atoms with E-state index in [9.17, 15) is 19.8 Å². The Labute approximate surface area is 319 Å². The van der Waals surface area contributed by atoms with Gasteiger partial charge in [0.25, 0.3) is 0 Å². The van der Waals surface area contributed by atoms with Crippen LogP contribution in [0.5, 0.6) is 0 Å². The number of carboxylic acids is 1. The molecule has 0 aliphatic heterocycles. The smallest absolute Gasteiger partial charge is 0.309 e. The van der Waals surface area contributed by atoms with E-state index < -0.39 is 17.0 Å². The first kappa shape index (κ1) is 41.7. The average molecular weight is 721 g/mol. The normalized spacial score (nSPS) is 41.8. The van der Waals surface area contributed by atoms with Gasteiger partial charge in [-0.1, -0.05) is 124 Å². The lowest BCUT2D eigenvalue weighted by molar-refractivity contribution is -0.246. The zero-order chi connectivity index (χ0) is 38.2. The van der Waals surface area contributed by atoms with Crippen LogP contribution < -0.4 is 0 Å². The Morgan fingerprint density at radius 2 is 1.42 bits per heavy atom. The van der Waals surface area contributed by atoms with Crippen LogP contribution >= 0.6 is 0 Å².